The van der Waals surface area contributed by atoms with E-state index in [4.69, 9.17) is 0 Å². The van der Waals surface area contributed by atoms with Crippen LogP contribution in [0.3, 0.4) is 0 Å². The maximum atomic E-state index is 11.7. The summed E-state index contributed by atoms with van der Waals surface area (Å²) in [6.07, 6.45) is 5.60. The van der Waals surface area contributed by atoms with Gasteiger partial charge < -0.3 is 10.6 Å². The van der Waals surface area contributed by atoms with Crippen molar-refractivity contribution < 1.29 is 4.79 Å². The van der Waals surface area contributed by atoms with Crippen LogP contribution < -0.4 is 10.6 Å². The molecule has 1 aromatic carbocycles. The van der Waals surface area contributed by atoms with Gasteiger partial charge in [0, 0.05) is 24.8 Å². The van der Waals surface area contributed by atoms with Crippen molar-refractivity contribution in [3.8, 4) is 0 Å². The van der Waals surface area contributed by atoms with Gasteiger partial charge in [0.2, 0.25) is 5.91 Å². The second-order valence-corrected chi connectivity index (χ2v) is 6.93. The standard InChI is InChI=1S/C19H23BrN6O/c20-9-4-7-17(27)21-11-12-26-19-16(13-25-26)18(23-14-24-19)22-10-8-15-5-2-1-3-6-15/h1-3,5-6,13-14H,4,7-12H2,(H,21,27)(H,22,23,24). The first-order valence-electron chi connectivity index (χ1n) is 9.05. The molecule has 27 heavy (non-hydrogen) atoms. The molecule has 0 saturated heterocycles. The van der Waals surface area contributed by atoms with Gasteiger partial charge in [-0.15, -0.1) is 0 Å². The fraction of sp³-hybridized carbons (Fsp3) is 0.368. The molecule has 0 aliphatic rings. The van der Waals surface area contributed by atoms with Crippen molar-refractivity contribution in [3.05, 3.63) is 48.4 Å². The van der Waals surface area contributed by atoms with E-state index in [1.807, 2.05) is 18.2 Å². The van der Waals surface area contributed by atoms with Crippen molar-refractivity contribution in [3.63, 3.8) is 0 Å². The molecule has 0 bridgehead atoms. The zero-order chi connectivity index (χ0) is 18.9. The summed E-state index contributed by atoms with van der Waals surface area (Å²) in [5.74, 6) is 0.840. The Labute approximate surface area is 166 Å². The molecule has 3 aromatic rings. The van der Waals surface area contributed by atoms with Crippen molar-refractivity contribution >= 4 is 38.7 Å². The van der Waals surface area contributed by atoms with E-state index in [0.717, 1.165) is 41.6 Å². The quantitative estimate of drug-likeness (QED) is 0.483. The number of benzene rings is 1. The lowest BCUT2D eigenvalue weighted by atomic mass is 10.1. The number of halogens is 1. The number of carbonyl (C=O) groups is 1. The van der Waals surface area contributed by atoms with Crippen LogP contribution in [-0.4, -0.2) is 44.1 Å². The van der Waals surface area contributed by atoms with Crippen molar-refractivity contribution in [2.24, 2.45) is 0 Å². The first kappa shape index (κ1) is 19.3. The predicted molar refractivity (Wildman–Crippen MR) is 110 cm³/mol. The molecule has 3 rings (SSSR count). The number of rotatable bonds is 10. The third kappa shape index (κ3) is 5.50. The SMILES string of the molecule is O=C(CCCBr)NCCn1ncc2c(NCCc3ccccc3)ncnc21. The minimum absolute atomic E-state index is 0.0591. The lowest BCUT2D eigenvalue weighted by Crippen LogP contribution is -2.27. The summed E-state index contributed by atoms with van der Waals surface area (Å²) in [6.45, 7) is 1.88. The van der Waals surface area contributed by atoms with E-state index in [0.29, 0.717) is 19.5 Å². The molecule has 8 heteroatoms. The van der Waals surface area contributed by atoms with Crippen LogP contribution in [0.2, 0.25) is 0 Å². The van der Waals surface area contributed by atoms with Crippen LogP contribution >= 0.6 is 15.9 Å². The van der Waals surface area contributed by atoms with Crippen LogP contribution in [0.1, 0.15) is 18.4 Å². The summed E-state index contributed by atoms with van der Waals surface area (Å²) in [5, 5.41) is 12.4. The lowest BCUT2D eigenvalue weighted by molar-refractivity contribution is -0.121. The molecule has 0 unspecified atom stereocenters. The van der Waals surface area contributed by atoms with Crippen LogP contribution in [0.5, 0.6) is 0 Å². The second-order valence-electron chi connectivity index (χ2n) is 6.13. The first-order valence-corrected chi connectivity index (χ1v) is 10.2. The number of carbonyl (C=O) groups excluding carboxylic acids is 1. The number of anilines is 1. The molecule has 0 radical (unpaired) electrons. The molecule has 0 aliphatic carbocycles. The van der Waals surface area contributed by atoms with Gasteiger partial charge in [-0.3, -0.25) is 4.79 Å². The first-order chi connectivity index (χ1) is 13.3. The monoisotopic (exact) mass is 430 g/mol. The molecule has 2 heterocycles. The van der Waals surface area contributed by atoms with Gasteiger partial charge in [-0.25, -0.2) is 14.6 Å². The van der Waals surface area contributed by atoms with Crippen LogP contribution in [-0.2, 0) is 17.8 Å². The van der Waals surface area contributed by atoms with E-state index < -0.39 is 0 Å². The van der Waals surface area contributed by atoms with Gasteiger partial charge in [-0.2, -0.15) is 5.10 Å². The molecule has 1 amide bonds. The lowest BCUT2D eigenvalue weighted by Gasteiger charge is -2.08. The summed E-state index contributed by atoms with van der Waals surface area (Å²) in [4.78, 5) is 20.4. The fourth-order valence-electron chi connectivity index (χ4n) is 2.78. The van der Waals surface area contributed by atoms with Gasteiger partial charge in [0.1, 0.15) is 12.1 Å². The molecule has 7 nitrogen and oxygen atoms in total. The Morgan fingerprint density at radius 2 is 2.00 bits per heavy atom. The normalized spacial score (nSPS) is 10.9. The highest BCUT2D eigenvalue weighted by atomic mass is 79.9. The van der Waals surface area contributed by atoms with E-state index >= 15 is 0 Å². The van der Waals surface area contributed by atoms with Gasteiger partial charge in [-0.05, 0) is 18.4 Å². The fourth-order valence-corrected chi connectivity index (χ4v) is 3.06. The van der Waals surface area contributed by atoms with Crippen LogP contribution in [0.4, 0.5) is 5.82 Å². The topological polar surface area (TPSA) is 84.7 Å². The summed E-state index contributed by atoms with van der Waals surface area (Å²) in [7, 11) is 0. The van der Waals surface area contributed by atoms with E-state index in [2.05, 4.69) is 53.8 Å². The summed E-state index contributed by atoms with van der Waals surface area (Å²) >= 11 is 3.33. The van der Waals surface area contributed by atoms with E-state index in [9.17, 15) is 4.79 Å². The highest BCUT2D eigenvalue weighted by molar-refractivity contribution is 9.09. The molecule has 142 valence electrons. The molecule has 0 aliphatic heterocycles. The van der Waals surface area contributed by atoms with Gasteiger partial charge in [0.25, 0.3) is 0 Å². The van der Waals surface area contributed by atoms with E-state index in [-0.39, 0.29) is 5.91 Å². The number of alkyl halides is 1. The van der Waals surface area contributed by atoms with Crippen molar-refractivity contribution in [2.75, 3.05) is 23.7 Å². The minimum Gasteiger partial charge on any atom is -0.369 e. The zero-order valence-electron chi connectivity index (χ0n) is 15.1. The highest BCUT2D eigenvalue weighted by Gasteiger charge is 2.10. The van der Waals surface area contributed by atoms with Gasteiger partial charge >= 0.3 is 0 Å². The van der Waals surface area contributed by atoms with E-state index in [1.165, 1.54) is 5.56 Å². The predicted octanol–water partition coefficient (Wildman–Crippen LogP) is 2.77. The Kier molecular flexibility index (Phi) is 7.15. The Balaban J connectivity index is 1.56. The van der Waals surface area contributed by atoms with E-state index in [1.54, 1.807) is 17.2 Å². The average molecular weight is 431 g/mol. The summed E-state index contributed by atoms with van der Waals surface area (Å²) in [6, 6.07) is 10.3. The number of nitrogens with one attached hydrogen (secondary N) is 2. The Morgan fingerprint density at radius 1 is 1.15 bits per heavy atom. The largest absolute Gasteiger partial charge is 0.369 e. The van der Waals surface area contributed by atoms with Gasteiger partial charge in [-0.1, -0.05) is 46.3 Å². The maximum Gasteiger partial charge on any atom is 0.220 e. The molecule has 0 saturated carbocycles. The molecular formula is C19H23BrN6O. The molecule has 0 fully saturated rings. The highest BCUT2D eigenvalue weighted by Crippen LogP contribution is 2.18. The third-order valence-corrected chi connectivity index (χ3v) is 4.73. The Morgan fingerprint density at radius 3 is 2.81 bits per heavy atom. The number of hydrogen-bond donors (Lipinski definition) is 2. The van der Waals surface area contributed by atoms with Gasteiger partial charge in [0.05, 0.1) is 18.1 Å². The number of amides is 1. The molecule has 0 spiro atoms. The van der Waals surface area contributed by atoms with Crippen molar-refractivity contribution in [2.45, 2.75) is 25.8 Å². The molecule has 2 aromatic heterocycles. The van der Waals surface area contributed by atoms with Crippen molar-refractivity contribution in [1.82, 2.24) is 25.1 Å². The minimum atomic E-state index is 0.0591. The second kappa shape index (κ2) is 10.0. The molecule has 2 N–H and O–H groups in total. The van der Waals surface area contributed by atoms with Crippen molar-refractivity contribution in [1.29, 1.82) is 0 Å². The number of hydrogen-bond acceptors (Lipinski definition) is 5. The third-order valence-electron chi connectivity index (χ3n) is 4.17. The number of fused-ring (bicyclic) bond motifs is 1. The van der Waals surface area contributed by atoms with Crippen LogP contribution in [0.25, 0.3) is 11.0 Å². The average Bonchev–Trinajstić information content (AvgIpc) is 3.11. The smallest absolute Gasteiger partial charge is 0.220 e. The Hall–Kier alpha value is -2.48. The summed E-state index contributed by atoms with van der Waals surface area (Å²) in [5.41, 5.74) is 2.04. The van der Waals surface area contributed by atoms with Gasteiger partial charge in [0.15, 0.2) is 5.65 Å². The maximum absolute atomic E-state index is 11.7. The zero-order valence-corrected chi connectivity index (χ0v) is 16.7. The summed E-state index contributed by atoms with van der Waals surface area (Å²) < 4.78 is 1.80. The number of aromatic nitrogens is 4. The Bertz CT molecular complexity index is 867. The molecular weight excluding hydrogens is 408 g/mol. The van der Waals surface area contributed by atoms with Crippen LogP contribution in [0, 0.1) is 0 Å². The number of nitrogens with zero attached hydrogens (tertiary/aromatic N) is 4. The van der Waals surface area contributed by atoms with Crippen LogP contribution in [0.15, 0.2) is 42.9 Å². The molecule has 0 atom stereocenters.